The van der Waals surface area contributed by atoms with E-state index in [1.807, 2.05) is 13.8 Å². The van der Waals surface area contributed by atoms with Gasteiger partial charge in [-0.15, -0.1) is 0 Å². The third kappa shape index (κ3) is 3.75. The highest BCUT2D eigenvalue weighted by Crippen LogP contribution is 2.18. The second kappa shape index (κ2) is 6.93. The number of carbonyl (C=O) groups excluding carboxylic acids is 2. The molecule has 2 aromatic rings. The van der Waals surface area contributed by atoms with Gasteiger partial charge < -0.3 is 15.1 Å². The van der Waals surface area contributed by atoms with Crippen molar-refractivity contribution < 1.29 is 14.0 Å². The van der Waals surface area contributed by atoms with E-state index in [-0.39, 0.29) is 11.8 Å². The summed E-state index contributed by atoms with van der Waals surface area (Å²) in [5.41, 5.74) is 1.38. The van der Waals surface area contributed by atoms with Crippen molar-refractivity contribution in [2.24, 2.45) is 5.92 Å². The Morgan fingerprint density at radius 1 is 1.09 bits per heavy atom. The van der Waals surface area contributed by atoms with Gasteiger partial charge in [-0.25, -0.2) is 0 Å². The maximum atomic E-state index is 12.2. The van der Waals surface area contributed by atoms with Gasteiger partial charge in [0.15, 0.2) is 0 Å². The lowest BCUT2D eigenvalue weighted by Crippen LogP contribution is -2.28. The van der Waals surface area contributed by atoms with Crippen molar-refractivity contribution in [2.75, 3.05) is 11.9 Å². The number of hydrogen-bond donors (Lipinski definition) is 2. The molecule has 0 radical (unpaired) electrons. The van der Waals surface area contributed by atoms with Crippen molar-refractivity contribution in [1.29, 1.82) is 0 Å². The van der Waals surface area contributed by atoms with E-state index in [0.717, 1.165) is 0 Å². The first-order valence-electron chi connectivity index (χ1n) is 7.21. The van der Waals surface area contributed by atoms with Crippen LogP contribution in [-0.2, 0) is 0 Å². The van der Waals surface area contributed by atoms with E-state index in [4.69, 9.17) is 4.42 Å². The monoisotopic (exact) mass is 300 g/mol. The van der Waals surface area contributed by atoms with Gasteiger partial charge in [-0.1, -0.05) is 26.0 Å². The first-order valence-corrected chi connectivity index (χ1v) is 7.21. The molecule has 0 aliphatic rings. The summed E-state index contributed by atoms with van der Waals surface area (Å²) in [6.07, 6.45) is 1.46. The predicted octanol–water partition coefficient (Wildman–Crippen LogP) is 3.23. The van der Waals surface area contributed by atoms with Crippen LogP contribution in [0.15, 0.2) is 41.0 Å². The van der Waals surface area contributed by atoms with Gasteiger partial charge in [0.2, 0.25) is 0 Å². The maximum absolute atomic E-state index is 12.2. The molecule has 0 saturated heterocycles. The molecule has 0 atom stereocenters. The van der Waals surface area contributed by atoms with Gasteiger partial charge >= 0.3 is 0 Å². The number of aryl methyl sites for hydroxylation is 1. The molecule has 22 heavy (non-hydrogen) atoms. The summed E-state index contributed by atoms with van der Waals surface area (Å²) < 4.78 is 5.13. The molecule has 0 unspecified atom stereocenters. The van der Waals surface area contributed by atoms with Crippen LogP contribution in [0.1, 0.15) is 40.3 Å². The zero-order valence-corrected chi connectivity index (χ0v) is 13.0. The predicted molar refractivity (Wildman–Crippen MR) is 85.0 cm³/mol. The van der Waals surface area contributed by atoms with Crippen molar-refractivity contribution >= 4 is 17.5 Å². The maximum Gasteiger partial charge on any atom is 0.259 e. The molecule has 1 aromatic heterocycles. The van der Waals surface area contributed by atoms with E-state index >= 15 is 0 Å². The van der Waals surface area contributed by atoms with Crippen LogP contribution >= 0.6 is 0 Å². The number of amides is 2. The minimum absolute atomic E-state index is 0.200. The van der Waals surface area contributed by atoms with E-state index in [2.05, 4.69) is 10.6 Å². The first-order chi connectivity index (χ1) is 10.5. The van der Waals surface area contributed by atoms with E-state index in [0.29, 0.717) is 35.0 Å². The van der Waals surface area contributed by atoms with E-state index in [1.54, 1.807) is 37.3 Å². The molecule has 116 valence electrons. The first kappa shape index (κ1) is 15.8. The van der Waals surface area contributed by atoms with Crippen molar-refractivity contribution in [2.45, 2.75) is 20.8 Å². The van der Waals surface area contributed by atoms with Crippen molar-refractivity contribution in [3.8, 4) is 0 Å². The molecule has 2 amide bonds. The van der Waals surface area contributed by atoms with Crippen LogP contribution in [0.5, 0.6) is 0 Å². The number of para-hydroxylation sites is 1. The minimum atomic E-state index is -0.296. The zero-order chi connectivity index (χ0) is 16.1. The van der Waals surface area contributed by atoms with Crippen LogP contribution in [-0.4, -0.2) is 18.4 Å². The lowest BCUT2D eigenvalue weighted by molar-refractivity contribution is 0.0950. The number of furan rings is 1. The normalized spacial score (nSPS) is 10.5. The zero-order valence-electron chi connectivity index (χ0n) is 13.0. The molecule has 0 spiro atoms. The average molecular weight is 300 g/mol. The molecule has 2 N–H and O–H groups in total. The van der Waals surface area contributed by atoms with Gasteiger partial charge in [0.1, 0.15) is 5.76 Å². The molecule has 1 aromatic carbocycles. The Labute approximate surface area is 129 Å². The fourth-order valence-electron chi connectivity index (χ4n) is 1.99. The van der Waals surface area contributed by atoms with Crippen LogP contribution < -0.4 is 10.6 Å². The summed E-state index contributed by atoms with van der Waals surface area (Å²) in [7, 11) is 0. The Balaban J connectivity index is 2.16. The number of rotatable bonds is 5. The van der Waals surface area contributed by atoms with Gasteiger partial charge in [-0.05, 0) is 31.0 Å². The van der Waals surface area contributed by atoms with Gasteiger partial charge in [-0.2, -0.15) is 0 Å². The minimum Gasteiger partial charge on any atom is -0.469 e. The summed E-state index contributed by atoms with van der Waals surface area (Å²) >= 11 is 0. The summed E-state index contributed by atoms with van der Waals surface area (Å²) in [5, 5.41) is 5.61. The fourth-order valence-corrected chi connectivity index (χ4v) is 1.99. The highest BCUT2D eigenvalue weighted by atomic mass is 16.3. The second-order valence-electron chi connectivity index (χ2n) is 5.49. The van der Waals surface area contributed by atoms with Gasteiger partial charge in [0.25, 0.3) is 11.8 Å². The average Bonchev–Trinajstić information content (AvgIpc) is 2.91. The highest BCUT2D eigenvalue weighted by molar-refractivity contribution is 6.09. The standard InChI is InChI=1S/C17H20N2O3/c1-11(2)10-18-16(20)14-6-4-5-7-15(14)19-17(21)13-8-9-22-12(13)3/h4-9,11H,10H2,1-3H3,(H,18,20)(H,19,21). The molecule has 0 aliphatic heterocycles. The Hall–Kier alpha value is -2.56. The highest BCUT2D eigenvalue weighted by Gasteiger charge is 2.16. The fraction of sp³-hybridized carbons (Fsp3) is 0.294. The Kier molecular flexibility index (Phi) is 4.99. The summed E-state index contributed by atoms with van der Waals surface area (Å²) in [4.78, 5) is 24.5. The quantitative estimate of drug-likeness (QED) is 0.890. The molecule has 0 fully saturated rings. The number of anilines is 1. The third-order valence-electron chi connectivity index (χ3n) is 3.19. The summed E-state index contributed by atoms with van der Waals surface area (Å²) in [5.74, 6) is 0.405. The van der Waals surface area contributed by atoms with E-state index in [9.17, 15) is 9.59 Å². The number of nitrogens with one attached hydrogen (secondary N) is 2. The van der Waals surface area contributed by atoms with Crippen LogP contribution in [0, 0.1) is 12.8 Å². The van der Waals surface area contributed by atoms with Crippen LogP contribution in [0.3, 0.4) is 0 Å². The summed E-state index contributed by atoms with van der Waals surface area (Å²) in [6, 6.07) is 8.54. The van der Waals surface area contributed by atoms with Crippen LogP contribution in [0.2, 0.25) is 0 Å². The Morgan fingerprint density at radius 2 is 1.82 bits per heavy atom. The van der Waals surface area contributed by atoms with E-state index in [1.165, 1.54) is 6.26 Å². The third-order valence-corrected chi connectivity index (χ3v) is 3.19. The molecular formula is C17H20N2O3. The Morgan fingerprint density at radius 3 is 2.45 bits per heavy atom. The molecule has 0 saturated carbocycles. The number of benzene rings is 1. The summed E-state index contributed by atoms with van der Waals surface area (Å²) in [6.45, 7) is 6.35. The van der Waals surface area contributed by atoms with E-state index < -0.39 is 0 Å². The molecule has 5 heteroatoms. The molecule has 0 bridgehead atoms. The molecular weight excluding hydrogens is 280 g/mol. The van der Waals surface area contributed by atoms with Gasteiger partial charge in [0.05, 0.1) is 23.1 Å². The molecule has 5 nitrogen and oxygen atoms in total. The number of hydrogen-bond acceptors (Lipinski definition) is 3. The van der Waals surface area contributed by atoms with Crippen LogP contribution in [0.25, 0.3) is 0 Å². The largest absolute Gasteiger partial charge is 0.469 e. The number of carbonyl (C=O) groups is 2. The van der Waals surface area contributed by atoms with Gasteiger partial charge in [-0.3, -0.25) is 9.59 Å². The topological polar surface area (TPSA) is 71.3 Å². The van der Waals surface area contributed by atoms with Gasteiger partial charge in [0, 0.05) is 6.54 Å². The van der Waals surface area contributed by atoms with Crippen molar-refractivity contribution in [3.05, 3.63) is 53.5 Å². The Bertz CT molecular complexity index is 674. The second-order valence-corrected chi connectivity index (χ2v) is 5.49. The molecule has 0 aliphatic carbocycles. The lowest BCUT2D eigenvalue weighted by Gasteiger charge is -2.12. The van der Waals surface area contributed by atoms with Crippen LogP contribution in [0.4, 0.5) is 5.69 Å². The lowest BCUT2D eigenvalue weighted by atomic mass is 10.1. The smallest absolute Gasteiger partial charge is 0.259 e. The SMILES string of the molecule is Cc1occc1C(=O)Nc1ccccc1C(=O)NCC(C)C. The molecule has 2 rings (SSSR count). The van der Waals surface area contributed by atoms with Crippen molar-refractivity contribution in [3.63, 3.8) is 0 Å². The molecule has 1 heterocycles. The van der Waals surface area contributed by atoms with Crippen molar-refractivity contribution in [1.82, 2.24) is 5.32 Å².